The lowest BCUT2D eigenvalue weighted by Gasteiger charge is -2.12. The van der Waals surface area contributed by atoms with Crippen LogP contribution in [-0.2, 0) is 17.9 Å². The van der Waals surface area contributed by atoms with Crippen molar-refractivity contribution < 1.29 is 9.84 Å². The van der Waals surface area contributed by atoms with E-state index >= 15 is 0 Å². The van der Waals surface area contributed by atoms with E-state index < -0.39 is 6.10 Å². The predicted octanol–water partition coefficient (Wildman–Crippen LogP) is 1.33. The number of nitriles is 1. The molecule has 0 aliphatic heterocycles. The lowest BCUT2D eigenvalue weighted by atomic mass is 10.2. The first-order valence-corrected chi connectivity index (χ1v) is 6.00. The number of hydrogen-bond acceptors (Lipinski definition) is 4. The topological polar surface area (TPSA) is 71.1 Å². The molecule has 98 valence electrons. The van der Waals surface area contributed by atoms with E-state index in [0.717, 1.165) is 5.56 Å². The minimum atomic E-state index is -0.662. The van der Waals surface area contributed by atoms with E-state index in [0.29, 0.717) is 19.0 Å². The SMILES string of the molecule is N#Cc1nccn1CC(O)COCc1ccccc1. The van der Waals surface area contributed by atoms with Gasteiger partial charge in [0.05, 0.1) is 25.9 Å². The fraction of sp³-hybridized carbons (Fsp3) is 0.286. The molecule has 1 aromatic heterocycles. The van der Waals surface area contributed by atoms with Crippen LogP contribution in [0.25, 0.3) is 0 Å². The van der Waals surface area contributed by atoms with Crippen molar-refractivity contribution >= 4 is 0 Å². The number of aliphatic hydroxyl groups excluding tert-OH is 1. The van der Waals surface area contributed by atoms with E-state index in [-0.39, 0.29) is 6.61 Å². The molecule has 0 fully saturated rings. The van der Waals surface area contributed by atoms with E-state index in [2.05, 4.69) is 4.98 Å². The summed E-state index contributed by atoms with van der Waals surface area (Å²) in [6.07, 6.45) is 2.54. The number of imidazole rings is 1. The van der Waals surface area contributed by atoms with Crippen LogP contribution >= 0.6 is 0 Å². The molecule has 2 rings (SSSR count). The van der Waals surface area contributed by atoms with Crippen molar-refractivity contribution in [3.05, 3.63) is 54.1 Å². The fourth-order valence-corrected chi connectivity index (χ4v) is 1.74. The maximum Gasteiger partial charge on any atom is 0.212 e. The molecule has 2 aromatic rings. The molecule has 0 aliphatic carbocycles. The van der Waals surface area contributed by atoms with Gasteiger partial charge in [-0.3, -0.25) is 0 Å². The summed E-state index contributed by atoms with van der Waals surface area (Å²) in [5.41, 5.74) is 1.06. The number of rotatable bonds is 6. The van der Waals surface area contributed by atoms with Gasteiger partial charge in [-0.15, -0.1) is 0 Å². The molecule has 19 heavy (non-hydrogen) atoms. The van der Waals surface area contributed by atoms with Crippen molar-refractivity contribution in [2.45, 2.75) is 19.3 Å². The second-order valence-electron chi connectivity index (χ2n) is 4.17. The van der Waals surface area contributed by atoms with Crippen molar-refractivity contribution in [3.63, 3.8) is 0 Å². The van der Waals surface area contributed by atoms with Gasteiger partial charge in [-0.1, -0.05) is 30.3 Å². The number of aliphatic hydroxyl groups is 1. The molecule has 1 unspecified atom stereocenters. The van der Waals surface area contributed by atoms with Crippen LogP contribution in [0.1, 0.15) is 11.4 Å². The first kappa shape index (κ1) is 13.3. The summed E-state index contributed by atoms with van der Waals surface area (Å²) in [6, 6.07) is 11.7. The molecule has 5 heteroatoms. The first-order valence-electron chi connectivity index (χ1n) is 6.00. The lowest BCUT2D eigenvalue weighted by Crippen LogP contribution is -2.22. The Hall–Kier alpha value is -2.16. The van der Waals surface area contributed by atoms with Gasteiger partial charge in [-0.05, 0) is 5.56 Å². The molecule has 0 saturated carbocycles. The predicted molar refractivity (Wildman–Crippen MR) is 69.0 cm³/mol. The smallest absolute Gasteiger partial charge is 0.212 e. The Morgan fingerprint density at radius 1 is 1.37 bits per heavy atom. The summed E-state index contributed by atoms with van der Waals surface area (Å²) >= 11 is 0. The molecule has 1 heterocycles. The van der Waals surface area contributed by atoms with E-state index in [9.17, 15) is 5.11 Å². The van der Waals surface area contributed by atoms with Crippen molar-refractivity contribution in [2.24, 2.45) is 0 Å². The number of benzene rings is 1. The van der Waals surface area contributed by atoms with E-state index in [1.165, 1.54) is 6.20 Å². The zero-order valence-electron chi connectivity index (χ0n) is 10.4. The second-order valence-corrected chi connectivity index (χ2v) is 4.17. The Morgan fingerprint density at radius 2 is 2.16 bits per heavy atom. The zero-order chi connectivity index (χ0) is 13.5. The van der Waals surface area contributed by atoms with Gasteiger partial charge in [0, 0.05) is 12.4 Å². The van der Waals surface area contributed by atoms with Gasteiger partial charge in [0.15, 0.2) is 0 Å². The quantitative estimate of drug-likeness (QED) is 0.847. The van der Waals surface area contributed by atoms with Gasteiger partial charge in [0.2, 0.25) is 5.82 Å². The van der Waals surface area contributed by atoms with Crippen molar-refractivity contribution in [3.8, 4) is 6.07 Å². The fourth-order valence-electron chi connectivity index (χ4n) is 1.74. The number of aromatic nitrogens is 2. The summed E-state index contributed by atoms with van der Waals surface area (Å²) in [6.45, 7) is 0.989. The molecule has 1 aromatic carbocycles. The van der Waals surface area contributed by atoms with Crippen LogP contribution in [0.5, 0.6) is 0 Å². The summed E-state index contributed by atoms with van der Waals surface area (Å²) in [5, 5.41) is 18.6. The Morgan fingerprint density at radius 3 is 2.89 bits per heavy atom. The third-order valence-electron chi connectivity index (χ3n) is 2.64. The molecule has 0 bridgehead atoms. The van der Waals surface area contributed by atoms with Crippen LogP contribution in [-0.4, -0.2) is 27.4 Å². The summed E-state index contributed by atoms with van der Waals surface area (Å²) in [7, 11) is 0. The Bertz CT molecular complexity index is 545. The summed E-state index contributed by atoms with van der Waals surface area (Å²) in [4.78, 5) is 3.87. The molecule has 0 saturated heterocycles. The van der Waals surface area contributed by atoms with Crippen molar-refractivity contribution in [1.29, 1.82) is 5.26 Å². The first-order chi connectivity index (χ1) is 9.29. The van der Waals surface area contributed by atoms with Crippen LogP contribution in [0, 0.1) is 11.3 Å². The van der Waals surface area contributed by atoms with Crippen LogP contribution in [0.3, 0.4) is 0 Å². The Balaban J connectivity index is 1.76. The highest BCUT2D eigenvalue weighted by atomic mass is 16.5. The molecule has 1 N–H and O–H groups in total. The van der Waals surface area contributed by atoms with Crippen molar-refractivity contribution in [2.75, 3.05) is 6.61 Å². The van der Waals surface area contributed by atoms with Gasteiger partial charge in [-0.2, -0.15) is 5.26 Å². The molecular formula is C14H15N3O2. The molecule has 0 spiro atoms. The molecule has 0 radical (unpaired) electrons. The van der Waals surface area contributed by atoms with Gasteiger partial charge in [0.25, 0.3) is 0 Å². The van der Waals surface area contributed by atoms with Crippen molar-refractivity contribution in [1.82, 2.24) is 9.55 Å². The Kier molecular flexibility index (Phi) is 4.67. The highest BCUT2D eigenvalue weighted by molar-refractivity contribution is 5.13. The van der Waals surface area contributed by atoms with Crippen LogP contribution in [0.15, 0.2) is 42.7 Å². The lowest BCUT2D eigenvalue weighted by molar-refractivity contribution is 0.0202. The third-order valence-corrected chi connectivity index (χ3v) is 2.64. The number of nitrogens with zero attached hydrogens (tertiary/aromatic N) is 3. The Labute approximate surface area is 111 Å². The second kappa shape index (κ2) is 6.69. The third kappa shape index (κ3) is 3.91. The van der Waals surface area contributed by atoms with Gasteiger partial charge >= 0.3 is 0 Å². The number of hydrogen-bond donors (Lipinski definition) is 1. The molecular weight excluding hydrogens is 242 g/mol. The van der Waals surface area contributed by atoms with Crippen LogP contribution < -0.4 is 0 Å². The average molecular weight is 257 g/mol. The zero-order valence-corrected chi connectivity index (χ0v) is 10.4. The molecule has 0 amide bonds. The van der Waals surface area contributed by atoms with Crippen LogP contribution in [0.4, 0.5) is 0 Å². The molecule has 1 atom stereocenters. The van der Waals surface area contributed by atoms with E-state index in [1.807, 2.05) is 36.4 Å². The highest BCUT2D eigenvalue weighted by Crippen LogP contribution is 2.03. The van der Waals surface area contributed by atoms with E-state index in [4.69, 9.17) is 10.00 Å². The molecule has 0 aliphatic rings. The maximum atomic E-state index is 9.84. The van der Waals surface area contributed by atoms with E-state index in [1.54, 1.807) is 10.8 Å². The normalized spacial score (nSPS) is 12.0. The van der Waals surface area contributed by atoms with Gasteiger partial charge < -0.3 is 14.4 Å². The molecule has 5 nitrogen and oxygen atoms in total. The highest BCUT2D eigenvalue weighted by Gasteiger charge is 2.08. The maximum absolute atomic E-state index is 9.84. The van der Waals surface area contributed by atoms with Gasteiger partial charge in [0.1, 0.15) is 6.07 Å². The monoisotopic (exact) mass is 257 g/mol. The summed E-state index contributed by atoms with van der Waals surface area (Å²) < 4.78 is 7.04. The minimum absolute atomic E-state index is 0.220. The minimum Gasteiger partial charge on any atom is -0.389 e. The van der Waals surface area contributed by atoms with Gasteiger partial charge in [-0.25, -0.2) is 4.98 Å². The standard InChI is InChI=1S/C14H15N3O2/c15-8-14-16-6-7-17(14)9-13(18)11-19-10-12-4-2-1-3-5-12/h1-7,13,18H,9-11H2. The largest absolute Gasteiger partial charge is 0.389 e. The van der Waals surface area contributed by atoms with Crippen LogP contribution in [0.2, 0.25) is 0 Å². The average Bonchev–Trinajstić information content (AvgIpc) is 2.87. The summed E-state index contributed by atoms with van der Waals surface area (Å²) in [5.74, 6) is 0.294. The number of ether oxygens (including phenoxy) is 1.